The standard InChI is InChI=1S/C16H21N5O3/c1-24-8-7-21-14-9-13(4-3-12(14)10-18-21)19-15(22)11-20-6-2-5-17-16(20)23/h3-4,9-10H,2,5-8,11H2,1H3,(H,17,23)(H,19,22). The Labute approximate surface area is 139 Å². The quantitative estimate of drug-likeness (QED) is 0.828. The third kappa shape index (κ3) is 3.65. The van der Waals surface area contributed by atoms with Gasteiger partial charge in [0.25, 0.3) is 0 Å². The molecule has 0 unspecified atom stereocenters. The van der Waals surface area contributed by atoms with Crippen LogP contribution in [-0.4, -0.2) is 60.0 Å². The molecule has 1 saturated heterocycles. The third-order valence-electron chi connectivity index (χ3n) is 3.94. The van der Waals surface area contributed by atoms with Crippen molar-refractivity contribution < 1.29 is 14.3 Å². The molecule has 2 aromatic rings. The molecule has 3 amide bonds. The van der Waals surface area contributed by atoms with Crippen molar-refractivity contribution >= 4 is 28.5 Å². The van der Waals surface area contributed by atoms with Crippen LogP contribution in [-0.2, 0) is 16.1 Å². The van der Waals surface area contributed by atoms with E-state index in [1.807, 2.05) is 22.9 Å². The van der Waals surface area contributed by atoms with E-state index in [1.54, 1.807) is 13.3 Å². The Morgan fingerprint density at radius 3 is 3.12 bits per heavy atom. The van der Waals surface area contributed by atoms with Crippen molar-refractivity contribution in [3.63, 3.8) is 0 Å². The molecule has 0 saturated carbocycles. The van der Waals surface area contributed by atoms with E-state index in [0.717, 1.165) is 17.3 Å². The number of anilines is 1. The van der Waals surface area contributed by atoms with Crippen molar-refractivity contribution in [2.45, 2.75) is 13.0 Å². The molecule has 8 nitrogen and oxygen atoms in total. The molecule has 1 aromatic carbocycles. The smallest absolute Gasteiger partial charge is 0.317 e. The van der Waals surface area contributed by atoms with Gasteiger partial charge in [0.2, 0.25) is 5.91 Å². The minimum Gasteiger partial charge on any atom is -0.383 e. The fourth-order valence-corrected chi connectivity index (χ4v) is 2.71. The van der Waals surface area contributed by atoms with Gasteiger partial charge < -0.3 is 20.3 Å². The fourth-order valence-electron chi connectivity index (χ4n) is 2.71. The number of nitrogens with one attached hydrogen (secondary N) is 2. The lowest BCUT2D eigenvalue weighted by atomic mass is 10.2. The summed E-state index contributed by atoms with van der Waals surface area (Å²) in [6, 6.07) is 5.43. The molecule has 0 atom stereocenters. The molecule has 0 aliphatic carbocycles. The molecule has 128 valence electrons. The Kier molecular flexibility index (Phi) is 4.95. The largest absolute Gasteiger partial charge is 0.383 e. The molecular formula is C16H21N5O3. The predicted molar refractivity (Wildman–Crippen MR) is 89.8 cm³/mol. The number of nitrogens with zero attached hydrogens (tertiary/aromatic N) is 3. The zero-order valence-electron chi connectivity index (χ0n) is 13.6. The summed E-state index contributed by atoms with van der Waals surface area (Å²) in [5.74, 6) is -0.214. The summed E-state index contributed by atoms with van der Waals surface area (Å²) < 4.78 is 6.92. The van der Waals surface area contributed by atoms with E-state index in [4.69, 9.17) is 4.74 Å². The summed E-state index contributed by atoms with van der Waals surface area (Å²) in [5, 5.41) is 10.9. The van der Waals surface area contributed by atoms with Crippen LogP contribution in [0, 0.1) is 0 Å². The number of benzene rings is 1. The molecule has 0 spiro atoms. The molecule has 0 bridgehead atoms. The topological polar surface area (TPSA) is 88.5 Å². The van der Waals surface area contributed by atoms with Crippen LogP contribution in [0.25, 0.3) is 10.9 Å². The summed E-state index contributed by atoms with van der Waals surface area (Å²) in [6.45, 7) is 2.52. The van der Waals surface area contributed by atoms with Crippen LogP contribution in [0.2, 0.25) is 0 Å². The number of carbonyl (C=O) groups is 2. The molecule has 1 aromatic heterocycles. The molecule has 8 heteroatoms. The van der Waals surface area contributed by atoms with E-state index in [1.165, 1.54) is 4.90 Å². The molecule has 2 N–H and O–H groups in total. The molecule has 2 heterocycles. The van der Waals surface area contributed by atoms with Gasteiger partial charge in [0.05, 0.1) is 24.9 Å². The lowest BCUT2D eigenvalue weighted by Gasteiger charge is -2.26. The average molecular weight is 331 g/mol. The number of fused-ring (bicyclic) bond motifs is 1. The van der Waals surface area contributed by atoms with E-state index < -0.39 is 0 Å². The minimum atomic E-state index is -0.214. The average Bonchev–Trinajstić information content (AvgIpc) is 2.97. The van der Waals surface area contributed by atoms with Gasteiger partial charge >= 0.3 is 6.03 Å². The van der Waals surface area contributed by atoms with Crippen LogP contribution >= 0.6 is 0 Å². The predicted octanol–water partition coefficient (Wildman–Crippen LogP) is 1.04. The fraction of sp³-hybridized carbons (Fsp3) is 0.438. The summed E-state index contributed by atoms with van der Waals surface area (Å²) in [5.41, 5.74) is 1.62. The molecule has 1 fully saturated rings. The highest BCUT2D eigenvalue weighted by atomic mass is 16.5. The van der Waals surface area contributed by atoms with Crippen LogP contribution in [0.1, 0.15) is 6.42 Å². The number of carbonyl (C=O) groups excluding carboxylic acids is 2. The molecule has 1 aliphatic rings. The first kappa shape index (κ1) is 16.3. The third-order valence-corrected chi connectivity index (χ3v) is 3.94. The Balaban J connectivity index is 1.67. The van der Waals surface area contributed by atoms with Gasteiger partial charge in [0.1, 0.15) is 6.54 Å². The van der Waals surface area contributed by atoms with Crippen molar-refractivity contribution in [2.24, 2.45) is 0 Å². The zero-order valence-corrected chi connectivity index (χ0v) is 13.6. The second kappa shape index (κ2) is 7.31. The minimum absolute atomic E-state index is 0.0484. The van der Waals surface area contributed by atoms with E-state index in [0.29, 0.717) is 31.9 Å². The Hall–Kier alpha value is -2.61. The van der Waals surface area contributed by atoms with Gasteiger partial charge in [0, 0.05) is 31.3 Å². The number of hydrogen-bond acceptors (Lipinski definition) is 4. The summed E-state index contributed by atoms with van der Waals surface area (Å²) in [7, 11) is 1.65. The van der Waals surface area contributed by atoms with Gasteiger partial charge in [-0.15, -0.1) is 0 Å². The van der Waals surface area contributed by atoms with Crippen LogP contribution < -0.4 is 10.6 Å². The molecule has 24 heavy (non-hydrogen) atoms. The number of urea groups is 1. The monoisotopic (exact) mass is 331 g/mol. The molecule has 0 radical (unpaired) electrons. The van der Waals surface area contributed by atoms with Gasteiger partial charge in [-0.25, -0.2) is 4.79 Å². The van der Waals surface area contributed by atoms with Gasteiger partial charge in [-0.2, -0.15) is 5.10 Å². The lowest BCUT2D eigenvalue weighted by molar-refractivity contribution is -0.116. The maximum Gasteiger partial charge on any atom is 0.317 e. The second-order valence-electron chi connectivity index (χ2n) is 5.69. The van der Waals surface area contributed by atoms with E-state index in [-0.39, 0.29) is 18.5 Å². The van der Waals surface area contributed by atoms with Crippen LogP contribution in [0.15, 0.2) is 24.4 Å². The highest BCUT2D eigenvalue weighted by molar-refractivity contribution is 5.96. The normalized spacial score (nSPS) is 14.7. The lowest BCUT2D eigenvalue weighted by Crippen LogP contribution is -2.49. The van der Waals surface area contributed by atoms with Crippen LogP contribution in [0.5, 0.6) is 0 Å². The van der Waals surface area contributed by atoms with E-state index in [9.17, 15) is 9.59 Å². The molecule has 3 rings (SSSR count). The van der Waals surface area contributed by atoms with Gasteiger partial charge in [-0.05, 0) is 24.6 Å². The summed E-state index contributed by atoms with van der Waals surface area (Å²) in [6.07, 6.45) is 2.64. The maximum absolute atomic E-state index is 12.2. The Morgan fingerprint density at radius 2 is 2.33 bits per heavy atom. The van der Waals surface area contributed by atoms with E-state index >= 15 is 0 Å². The highest BCUT2D eigenvalue weighted by Gasteiger charge is 2.20. The number of amides is 3. The summed E-state index contributed by atoms with van der Waals surface area (Å²) in [4.78, 5) is 25.4. The number of aromatic nitrogens is 2. The van der Waals surface area contributed by atoms with Crippen molar-refractivity contribution in [2.75, 3.05) is 38.7 Å². The number of rotatable bonds is 6. The number of methoxy groups -OCH3 is 1. The van der Waals surface area contributed by atoms with Gasteiger partial charge in [-0.1, -0.05) is 0 Å². The van der Waals surface area contributed by atoms with Crippen LogP contribution in [0.4, 0.5) is 10.5 Å². The van der Waals surface area contributed by atoms with Gasteiger partial charge in [-0.3, -0.25) is 9.48 Å². The first-order valence-corrected chi connectivity index (χ1v) is 7.94. The van der Waals surface area contributed by atoms with Gasteiger partial charge in [0.15, 0.2) is 0 Å². The van der Waals surface area contributed by atoms with E-state index in [2.05, 4.69) is 15.7 Å². The second-order valence-corrected chi connectivity index (χ2v) is 5.69. The first-order valence-electron chi connectivity index (χ1n) is 7.94. The van der Waals surface area contributed by atoms with Crippen molar-refractivity contribution in [3.05, 3.63) is 24.4 Å². The first-order chi connectivity index (χ1) is 11.7. The summed E-state index contributed by atoms with van der Waals surface area (Å²) >= 11 is 0. The van der Waals surface area contributed by atoms with Crippen molar-refractivity contribution in [1.29, 1.82) is 0 Å². The number of ether oxygens (including phenoxy) is 1. The molecule has 1 aliphatic heterocycles. The van der Waals surface area contributed by atoms with Crippen molar-refractivity contribution in [1.82, 2.24) is 20.0 Å². The Morgan fingerprint density at radius 1 is 1.46 bits per heavy atom. The SMILES string of the molecule is COCCn1ncc2ccc(NC(=O)CN3CCCNC3=O)cc21. The zero-order chi connectivity index (χ0) is 16.9. The highest BCUT2D eigenvalue weighted by Crippen LogP contribution is 2.19. The van der Waals surface area contributed by atoms with Crippen molar-refractivity contribution in [3.8, 4) is 0 Å². The molecular weight excluding hydrogens is 310 g/mol. The van der Waals surface area contributed by atoms with Crippen LogP contribution in [0.3, 0.4) is 0 Å². The maximum atomic E-state index is 12.2. The number of hydrogen-bond donors (Lipinski definition) is 2. The Bertz CT molecular complexity index is 742.